The van der Waals surface area contributed by atoms with E-state index in [-0.39, 0.29) is 24.7 Å². The fourth-order valence-corrected chi connectivity index (χ4v) is 3.43. The minimum Gasteiger partial charge on any atom is -0.356 e. The molecule has 26 heavy (non-hydrogen) atoms. The van der Waals surface area contributed by atoms with E-state index in [1.807, 2.05) is 17.5 Å². The number of anilines is 1. The first-order valence-electron chi connectivity index (χ1n) is 7.88. The molecule has 134 valence electrons. The molecule has 3 heterocycles. The van der Waals surface area contributed by atoms with E-state index in [0.29, 0.717) is 18.1 Å². The number of amides is 2. The highest BCUT2D eigenvalue weighted by Gasteiger charge is 2.09. The van der Waals surface area contributed by atoms with Crippen molar-refractivity contribution in [3.8, 4) is 10.6 Å². The van der Waals surface area contributed by atoms with Crippen LogP contribution in [0.4, 0.5) is 5.13 Å². The van der Waals surface area contributed by atoms with Gasteiger partial charge in [0.1, 0.15) is 10.5 Å². The van der Waals surface area contributed by atoms with Crippen LogP contribution in [0.2, 0.25) is 0 Å². The molecule has 3 rings (SSSR count). The van der Waals surface area contributed by atoms with Crippen LogP contribution >= 0.6 is 22.7 Å². The van der Waals surface area contributed by atoms with Gasteiger partial charge in [0.15, 0.2) is 0 Å². The van der Waals surface area contributed by atoms with Gasteiger partial charge in [-0.05, 0) is 12.1 Å². The van der Waals surface area contributed by atoms with Gasteiger partial charge < -0.3 is 10.6 Å². The molecule has 0 aliphatic heterocycles. The average Bonchev–Trinajstić information content (AvgIpc) is 3.33. The van der Waals surface area contributed by atoms with Crippen LogP contribution in [0.1, 0.15) is 18.5 Å². The van der Waals surface area contributed by atoms with E-state index in [4.69, 9.17) is 0 Å². The fourth-order valence-electron chi connectivity index (χ4n) is 2.10. The Morgan fingerprint density at radius 3 is 2.65 bits per heavy atom. The highest BCUT2D eigenvalue weighted by atomic mass is 32.1. The van der Waals surface area contributed by atoms with Crippen LogP contribution in [-0.2, 0) is 16.0 Å². The third-order valence-electron chi connectivity index (χ3n) is 3.37. The second-order valence-corrected chi connectivity index (χ2v) is 6.96. The van der Waals surface area contributed by atoms with Gasteiger partial charge >= 0.3 is 0 Å². The number of rotatable bonds is 8. The lowest BCUT2D eigenvalue weighted by Crippen LogP contribution is -2.26. The van der Waals surface area contributed by atoms with Crippen LogP contribution in [0.15, 0.2) is 35.4 Å². The van der Waals surface area contributed by atoms with E-state index in [9.17, 15) is 9.59 Å². The summed E-state index contributed by atoms with van der Waals surface area (Å²) in [6.07, 6.45) is 4.35. The van der Waals surface area contributed by atoms with Gasteiger partial charge in [0, 0.05) is 49.1 Å². The van der Waals surface area contributed by atoms with Gasteiger partial charge in [-0.15, -0.1) is 21.5 Å². The summed E-state index contributed by atoms with van der Waals surface area (Å²) in [6.45, 7) is 0.483. The van der Waals surface area contributed by atoms with Crippen molar-refractivity contribution in [3.63, 3.8) is 0 Å². The molecule has 0 aliphatic rings. The summed E-state index contributed by atoms with van der Waals surface area (Å²) >= 11 is 2.80. The molecule has 3 aromatic rings. The molecule has 0 atom stereocenters. The highest BCUT2D eigenvalue weighted by molar-refractivity contribution is 7.13. The Kier molecular flexibility index (Phi) is 6.34. The van der Waals surface area contributed by atoms with Gasteiger partial charge in [0.2, 0.25) is 16.9 Å². The molecule has 2 N–H and O–H groups in total. The molecule has 0 bridgehead atoms. The van der Waals surface area contributed by atoms with Gasteiger partial charge in [-0.3, -0.25) is 14.6 Å². The lowest BCUT2D eigenvalue weighted by Gasteiger charge is -2.04. The zero-order valence-electron chi connectivity index (χ0n) is 13.7. The van der Waals surface area contributed by atoms with Crippen molar-refractivity contribution in [2.24, 2.45) is 0 Å². The Morgan fingerprint density at radius 2 is 1.88 bits per heavy atom. The molecule has 0 saturated heterocycles. The number of carbonyl (C=O) groups is 2. The number of nitrogens with one attached hydrogen (secondary N) is 2. The predicted octanol–water partition coefficient (Wildman–Crippen LogP) is 2.13. The lowest BCUT2D eigenvalue weighted by atomic mass is 10.2. The number of thiazole rings is 1. The van der Waals surface area contributed by atoms with E-state index in [1.54, 1.807) is 23.7 Å². The van der Waals surface area contributed by atoms with Crippen molar-refractivity contribution < 1.29 is 9.59 Å². The first-order valence-corrected chi connectivity index (χ1v) is 9.64. The van der Waals surface area contributed by atoms with Gasteiger partial charge in [-0.2, -0.15) is 0 Å². The Bertz CT molecular complexity index is 851. The lowest BCUT2D eigenvalue weighted by molar-refractivity contribution is -0.124. The van der Waals surface area contributed by atoms with Crippen molar-refractivity contribution >= 4 is 39.6 Å². The monoisotopic (exact) mass is 388 g/mol. The summed E-state index contributed by atoms with van der Waals surface area (Å²) in [6, 6.07) is 3.83. The van der Waals surface area contributed by atoms with Gasteiger partial charge in [0.05, 0.1) is 5.69 Å². The molecule has 8 nitrogen and oxygen atoms in total. The van der Waals surface area contributed by atoms with Crippen LogP contribution in [0.25, 0.3) is 10.6 Å². The van der Waals surface area contributed by atoms with Crippen LogP contribution in [-0.4, -0.2) is 38.5 Å². The van der Waals surface area contributed by atoms with E-state index in [1.165, 1.54) is 16.8 Å². The summed E-state index contributed by atoms with van der Waals surface area (Å²) in [4.78, 5) is 32.1. The maximum absolute atomic E-state index is 11.8. The molecule has 3 aromatic heterocycles. The number of nitrogens with zero attached hydrogens (tertiary/aromatic N) is 4. The summed E-state index contributed by atoms with van der Waals surface area (Å²) in [5, 5.41) is 16.1. The first kappa shape index (κ1) is 18.1. The van der Waals surface area contributed by atoms with Crippen molar-refractivity contribution in [1.29, 1.82) is 0 Å². The third kappa shape index (κ3) is 5.39. The van der Waals surface area contributed by atoms with Gasteiger partial charge in [-0.1, -0.05) is 11.3 Å². The number of hydrogen-bond acceptors (Lipinski definition) is 8. The molecule has 0 saturated carbocycles. The SMILES string of the molecule is O=C(CCC(=O)Nc1nncs1)NCCc1csc(-c2ccncc2)n1. The molecule has 0 aliphatic carbocycles. The Labute approximate surface area is 157 Å². The third-order valence-corrected chi connectivity index (χ3v) is 4.91. The zero-order chi connectivity index (χ0) is 18.2. The van der Waals surface area contributed by atoms with Crippen molar-refractivity contribution in [2.75, 3.05) is 11.9 Å². The average molecular weight is 388 g/mol. The Morgan fingerprint density at radius 1 is 1.08 bits per heavy atom. The Hall–Kier alpha value is -2.72. The molecular formula is C16H16N6O2S2. The maximum atomic E-state index is 11.8. The minimum absolute atomic E-state index is 0.105. The van der Waals surface area contributed by atoms with E-state index in [2.05, 4.69) is 30.8 Å². The quantitative estimate of drug-likeness (QED) is 0.612. The second-order valence-electron chi connectivity index (χ2n) is 5.27. The topological polar surface area (TPSA) is 110 Å². The summed E-state index contributed by atoms with van der Waals surface area (Å²) in [7, 11) is 0. The Balaban J connectivity index is 1.36. The normalized spacial score (nSPS) is 10.5. The van der Waals surface area contributed by atoms with Gasteiger partial charge in [0.25, 0.3) is 0 Å². The van der Waals surface area contributed by atoms with Gasteiger partial charge in [-0.25, -0.2) is 4.98 Å². The summed E-state index contributed by atoms with van der Waals surface area (Å²) in [5.41, 5.74) is 3.49. The fraction of sp³-hybridized carbons (Fsp3) is 0.250. The molecular weight excluding hydrogens is 372 g/mol. The molecule has 0 spiro atoms. The molecule has 0 fully saturated rings. The second kappa shape index (κ2) is 9.11. The molecule has 0 unspecified atom stereocenters. The standard InChI is InChI=1S/C16H16N6O2S2/c23-13(1-2-14(24)21-16-22-19-10-26-16)18-8-5-12-9-25-15(20-12)11-3-6-17-7-4-11/h3-4,6-7,9-10H,1-2,5,8H2,(H,18,23)(H,21,22,24). The zero-order valence-corrected chi connectivity index (χ0v) is 15.3. The number of aromatic nitrogens is 4. The largest absolute Gasteiger partial charge is 0.356 e. The summed E-state index contributed by atoms with van der Waals surface area (Å²) < 4.78 is 0. The molecule has 10 heteroatoms. The number of hydrogen-bond donors (Lipinski definition) is 2. The van der Waals surface area contributed by atoms with Crippen molar-refractivity contribution in [1.82, 2.24) is 25.5 Å². The smallest absolute Gasteiger partial charge is 0.226 e. The van der Waals surface area contributed by atoms with Crippen LogP contribution in [0, 0.1) is 0 Å². The first-order chi connectivity index (χ1) is 12.7. The van der Waals surface area contributed by atoms with Crippen molar-refractivity contribution in [3.05, 3.63) is 41.1 Å². The van der Waals surface area contributed by atoms with Crippen LogP contribution < -0.4 is 10.6 Å². The van der Waals surface area contributed by atoms with Crippen LogP contribution in [0.5, 0.6) is 0 Å². The maximum Gasteiger partial charge on any atom is 0.226 e. The number of carbonyl (C=O) groups excluding carboxylic acids is 2. The van der Waals surface area contributed by atoms with E-state index < -0.39 is 0 Å². The minimum atomic E-state index is -0.251. The van der Waals surface area contributed by atoms with E-state index in [0.717, 1.165) is 16.3 Å². The highest BCUT2D eigenvalue weighted by Crippen LogP contribution is 2.22. The van der Waals surface area contributed by atoms with E-state index >= 15 is 0 Å². The molecule has 2 amide bonds. The van der Waals surface area contributed by atoms with Crippen molar-refractivity contribution in [2.45, 2.75) is 19.3 Å². The predicted molar refractivity (Wildman–Crippen MR) is 99.8 cm³/mol. The number of pyridine rings is 1. The molecule has 0 radical (unpaired) electrons. The summed E-state index contributed by atoms with van der Waals surface area (Å²) in [5.74, 6) is -0.416. The molecule has 0 aromatic carbocycles. The van der Waals surface area contributed by atoms with Crippen LogP contribution in [0.3, 0.4) is 0 Å².